The molecule has 0 atom stereocenters. The molecule has 1 fully saturated rings. The average Bonchev–Trinajstić information content (AvgIpc) is 3.10. The van der Waals surface area contributed by atoms with E-state index in [9.17, 15) is 0 Å². The number of nitrogens with zero attached hydrogens (tertiary/aromatic N) is 2. The molecule has 0 N–H and O–H groups in total. The van der Waals surface area contributed by atoms with Crippen LogP contribution in [0, 0.1) is 6.92 Å². The van der Waals surface area contributed by atoms with Crippen LogP contribution >= 0.6 is 12.4 Å². The minimum Gasteiger partial charge on any atom is -0.490 e. The number of ether oxygens (including phenoxy) is 1. The van der Waals surface area contributed by atoms with Crippen molar-refractivity contribution in [1.82, 2.24) is 9.88 Å². The predicted octanol–water partition coefficient (Wildman–Crippen LogP) is 4.60. The van der Waals surface area contributed by atoms with Crippen molar-refractivity contribution in [2.24, 2.45) is 0 Å². The molecule has 0 bridgehead atoms. The van der Waals surface area contributed by atoms with E-state index in [0.29, 0.717) is 6.10 Å². The van der Waals surface area contributed by atoms with Crippen molar-refractivity contribution < 1.29 is 9.15 Å². The van der Waals surface area contributed by atoms with Gasteiger partial charge in [-0.15, -0.1) is 12.4 Å². The number of rotatable bonds is 4. The van der Waals surface area contributed by atoms with Crippen molar-refractivity contribution >= 4 is 23.2 Å². The van der Waals surface area contributed by atoms with Crippen molar-refractivity contribution in [3.8, 4) is 5.75 Å². The third kappa shape index (κ3) is 4.14. The third-order valence-corrected chi connectivity index (χ3v) is 4.75. The van der Waals surface area contributed by atoms with Gasteiger partial charge in [-0.3, -0.25) is 9.88 Å². The number of hydrogen-bond acceptors (Lipinski definition) is 4. The smallest absolute Gasteiger partial charge is 0.123 e. The molecule has 1 aliphatic heterocycles. The normalized spacial score (nSPS) is 15.9. The Labute approximate surface area is 154 Å². The summed E-state index contributed by atoms with van der Waals surface area (Å²) in [7, 11) is 0. The van der Waals surface area contributed by atoms with Crippen LogP contribution in [0.15, 0.2) is 53.6 Å². The number of piperidine rings is 1. The molecule has 0 aliphatic carbocycles. The van der Waals surface area contributed by atoms with Gasteiger partial charge in [0.05, 0.1) is 12.5 Å². The van der Waals surface area contributed by atoms with Gasteiger partial charge in [0.1, 0.15) is 11.9 Å². The molecule has 1 aromatic carbocycles. The first-order valence-corrected chi connectivity index (χ1v) is 8.52. The van der Waals surface area contributed by atoms with Crippen molar-refractivity contribution in [1.29, 1.82) is 0 Å². The van der Waals surface area contributed by atoms with Crippen LogP contribution < -0.4 is 4.74 Å². The lowest BCUT2D eigenvalue weighted by Crippen LogP contribution is -2.37. The monoisotopic (exact) mass is 358 g/mol. The van der Waals surface area contributed by atoms with Crippen molar-refractivity contribution in [3.63, 3.8) is 0 Å². The van der Waals surface area contributed by atoms with Gasteiger partial charge in [0, 0.05) is 43.0 Å². The van der Waals surface area contributed by atoms with Crippen LogP contribution in [-0.2, 0) is 6.54 Å². The van der Waals surface area contributed by atoms with Crippen molar-refractivity contribution in [3.05, 3.63) is 60.3 Å². The Kier molecular flexibility index (Phi) is 5.61. The van der Waals surface area contributed by atoms with Crippen LogP contribution in [0.2, 0.25) is 0 Å². The number of likely N-dealkylation sites (tertiary alicyclic amines) is 1. The summed E-state index contributed by atoms with van der Waals surface area (Å²) in [5.41, 5.74) is 2.42. The van der Waals surface area contributed by atoms with E-state index in [4.69, 9.17) is 9.15 Å². The summed E-state index contributed by atoms with van der Waals surface area (Å²) in [6.07, 6.45) is 9.72. The molecule has 2 aromatic heterocycles. The van der Waals surface area contributed by atoms with E-state index in [2.05, 4.69) is 28.9 Å². The van der Waals surface area contributed by atoms with Crippen LogP contribution in [0.5, 0.6) is 5.75 Å². The highest BCUT2D eigenvalue weighted by atomic mass is 35.5. The highest BCUT2D eigenvalue weighted by molar-refractivity contribution is 5.85. The maximum atomic E-state index is 6.31. The first-order valence-electron chi connectivity index (χ1n) is 8.52. The molecular formula is C20H23ClN2O2. The van der Waals surface area contributed by atoms with Gasteiger partial charge < -0.3 is 9.15 Å². The Morgan fingerprint density at radius 3 is 2.80 bits per heavy atom. The van der Waals surface area contributed by atoms with Crippen LogP contribution in [0.3, 0.4) is 0 Å². The van der Waals surface area contributed by atoms with E-state index in [1.165, 1.54) is 16.5 Å². The summed E-state index contributed by atoms with van der Waals surface area (Å²) in [6, 6.07) is 8.38. The molecule has 132 valence electrons. The molecule has 0 spiro atoms. The highest BCUT2D eigenvalue weighted by Gasteiger charge is 2.21. The van der Waals surface area contributed by atoms with E-state index in [1.807, 2.05) is 30.8 Å². The largest absolute Gasteiger partial charge is 0.490 e. The van der Waals surface area contributed by atoms with E-state index >= 15 is 0 Å². The van der Waals surface area contributed by atoms with Crippen molar-refractivity contribution in [2.75, 3.05) is 13.1 Å². The molecule has 3 heterocycles. The number of hydrogen-bond donors (Lipinski definition) is 0. The lowest BCUT2D eigenvalue weighted by Gasteiger charge is -2.32. The molecule has 5 heteroatoms. The number of benzene rings is 1. The fraction of sp³-hybridized carbons (Fsp3) is 0.350. The first-order chi connectivity index (χ1) is 11.8. The van der Waals surface area contributed by atoms with Gasteiger partial charge in [-0.25, -0.2) is 0 Å². The zero-order valence-electron chi connectivity index (χ0n) is 14.4. The highest BCUT2D eigenvalue weighted by Crippen LogP contribution is 2.28. The number of aryl methyl sites for hydroxylation is 1. The second-order valence-corrected chi connectivity index (χ2v) is 6.57. The van der Waals surface area contributed by atoms with Gasteiger partial charge in [-0.2, -0.15) is 0 Å². The molecule has 1 saturated heterocycles. The first kappa shape index (κ1) is 17.8. The van der Waals surface area contributed by atoms with Gasteiger partial charge in [0.25, 0.3) is 0 Å². The lowest BCUT2D eigenvalue weighted by atomic mass is 10.1. The molecule has 0 amide bonds. The van der Waals surface area contributed by atoms with E-state index in [0.717, 1.165) is 43.6 Å². The summed E-state index contributed by atoms with van der Waals surface area (Å²) in [5.74, 6) is 1.00. The summed E-state index contributed by atoms with van der Waals surface area (Å²) in [4.78, 5) is 6.65. The fourth-order valence-electron chi connectivity index (χ4n) is 3.36. The van der Waals surface area contributed by atoms with Gasteiger partial charge >= 0.3 is 0 Å². The molecule has 0 saturated carbocycles. The zero-order valence-corrected chi connectivity index (χ0v) is 15.2. The predicted molar refractivity (Wildman–Crippen MR) is 101 cm³/mol. The van der Waals surface area contributed by atoms with Crippen molar-refractivity contribution in [2.45, 2.75) is 32.4 Å². The quantitative estimate of drug-likeness (QED) is 0.683. The number of pyridine rings is 1. The fourth-order valence-corrected chi connectivity index (χ4v) is 3.36. The number of aromatic nitrogens is 1. The summed E-state index contributed by atoms with van der Waals surface area (Å²) in [5, 5.41) is 2.35. The third-order valence-electron chi connectivity index (χ3n) is 4.75. The molecular weight excluding hydrogens is 336 g/mol. The number of fused-ring (bicyclic) bond motifs is 1. The van der Waals surface area contributed by atoms with E-state index < -0.39 is 0 Å². The maximum Gasteiger partial charge on any atom is 0.123 e. The van der Waals surface area contributed by atoms with Crippen LogP contribution in [0.25, 0.3) is 10.8 Å². The van der Waals surface area contributed by atoms with E-state index in [1.54, 1.807) is 6.26 Å². The summed E-state index contributed by atoms with van der Waals surface area (Å²) < 4.78 is 11.5. The summed E-state index contributed by atoms with van der Waals surface area (Å²) in [6.45, 7) is 5.19. The average molecular weight is 359 g/mol. The minimum absolute atomic E-state index is 0. The Bertz CT molecular complexity index is 812. The Morgan fingerprint density at radius 2 is 2.04 bits per heavy atom. The molecule has 0 unspecified atom stereocenters. The van der Waals surface area contributed by atoms with Gasteiger partial charge in [-0.1, -0.05) is 0 Å². The molecule has 25 heavy (non-hydrogen) atoms. The molecule has 1 aliphatic rings. The van der Waals surface area contributed by atoms with Crippen LogP contribution in [0.1, 0.15) is 24.0 Å². The van der Waals surface area contributed by atoms with Gasteiger partial charge in [-0.05, 0) is 55.0 Å². The number of furan rings is 1. The molecule has 4 rings (SSSR count). The standard InChI is InChI=1S/C20H22N2O2.ClH/c1-15-10-18-12-21-6-2-17(18)11-20(15)24-19-3-7-22(8-4-19)13-16-5-9-23-14-16;/h2,5-6,9-12,14,19H,3-4,7-8,13H2,1H3;1H. The molecule has 4 nitrogen and oxygen atoms in total. The van der Waals surface area contributed by atoms with Crippen LogP contribution in [-0.4, -0.2) is 29.1 Å². The molecule has 3 aromatic rings. The second-order valence-electron chi connectivity index (χ2n) is 6.57. The van der Waals surface area contributed by atoms with Crippen LogP contribution in [0.4, 0.5) is 0 Å². The topological polar surface area (TPSA) is 38.5 Å². The van der Waals surface area contributed by atoms with Gasteiger partial charge in [0.15, 0.2) is 0 Å². The molecule has 0 radical (unpaired) electrons. The minimum atomic E-state index is 0. The second kappa shape index (κ2) is 7.89. The maximum absolute atomic E-state index is 6.31. The SMILES string of the molecule is Cc1cc2cnccc2cc1OC1CCN(Cc2ccoc2)CC1.Cl. The Balaban J connectivity index is 0.00000182. The Hall–Kier alpha value is -2.04. The number of halogens is 1. The van der Waals surface area contributed by atoms with E-state index in [-0.39, 0.29) is 12.4 Å². The zero-order chi connectivity index (χ0) is 16.4. The Morgan fingerprint density at radius 1 is 1.20 bits per heavy atom. The van der Waals surface area contributed by atoms with Gasteiger partial charge in [0.2, 0.25) is 0 Å². The lowest BCUT2D eigenvalue weighted by molar-refractivity contribution is 0.0963. The summed E-state index contributed by atoms with van der Waals surface area (Å²) >= 11 is 0.